The van der Waals surface area contributed by atoms with Crippen LogP contribution < -0.4 is 0 Å². The molecule has 2 saturated heterocycles. The van der Waals surface area contributed by atoms with Gasteiger partial charge in [0.2, 0.25) is 0 Å². The summed E-state index contributed by atoms with van der Waals surface area (Å²) < 4.78 is 14.3. The molecule has 0 spiro atoms. The van der Waals surface area contributed by atoms with Crippen LogP contribution in [0.4, 0.5) is 0 Å². The number of hydrogen-bond donors (Lipinski definition) is 0. The Morgan fingerprint density at radius 3 is 2.19 bits per heavy atom. The summed E-state index contributed by atoms with van der Waals surface area (Å²) in [5, 5.41) is 0.247. The third-order valence-electron chi connectivity index (χ3n) is 4.33. The Kier molecular flexibility index (Phi) is 7.78. The Bertz CT molecular complexity index is 331. The zero-order valence-corrected chi connectivity index (χ0v) is 14.9. The van der Waals surface area contributed by atoms with E-state index in [0.29, 0.717) is 6.04 Å². The normalized spacial score (nSPS) is 27.2. The van der Waals surface area contributed by atoms with E-state index in [4.69, 9.17) is 0 Å². The van der Waals surface area contributed by atoms with Crippen LogP contribution >= 0.6 is 0 Å². The molecular formula is C15H33N3O2S. The highest BCUT2D eigenvalue weighted by Crippen LogP contribution is 2.20. The van der Waals surface area contributed by atoms with Gasteiger partial charge in [0.05, 0.1) is 11.0 Å². The minimum atomic E-state index is -0.791. The molecule has 2 atom stereocenters. The molecule has 21 heavy (non-hydrogen) atoms. The summed E-state index contributed by atoms with van der Waals surface area (Å²) in [6.07, 6.45) is 1.18. The van der Waals surface area contributed by atoms with Crippen LogP contribution in [0.2, 0.25) is 0 Å². The van der Waals surface area contributed by atoms with Crippen LogP contribution in [0.3, 0.4) is 0 Å². The van der Waals surface area contributed by atoms with Gasteiger partial charge in [-0.15, -0.1) is 0 Å². The quantitative estimate of drug-likeness (QED) is 0.745. The van der Waals surface area contributed by atoms with Crippen molar-refractivity contribution in [2.75, 3.05) is 45.8 Å². The predicted octanol–water partition coefficient (Wildman–Crippen LogP) is 0.582. The molecule has 0 radical (unpaired) electrons. The van der Waals surface area contributed by atoms with Crippen LogP contribution in [0.15, 0.2) is 0 Å². The molecule has 0 saturated carbocycles. The van der Waals surface area contributed by atoms with Crippen molar-refractivity contribution in [2.24, 2.45) is 5.92 Å². The van der Waals surface area contributed by atoms with Gasteiger partial charge in [0.25, 0.3) is 0 Å². The van der Waals surface area contributed by atoms with E-state index in [-0.39, 0.29) is 10.7 Å². The van der Waals surface area contributed by atoms with Crippen LogP contribution in [0.25, 0.3) is 0 Å². The Labute approximate surface area is 132 Å². The van der Waals surface area contributed by atoms with Gasteiger partial charge in [0.1, 0.15) is 0 Å². The maximum Gasteiger partial charge on any atom is 0.0969 e. The first-order chi connectivity index (χ1) is 9.47. The zero-order valence-electron chi connectivity index (χ0n) is 14.0. The lowest BCUT2D eigenvalue weighted by Gasteiger charge is -2.38. The van der Waals surface area contributed by atoms with E-state index in [0.717, 1.165) is 19.0 Å². The minimum Gasteiger partial charge on any atom is -0.412 e. The van der Waals surface area contributed by atoms with Crippen molar-refractivity contribution >= 4 is 11.0 Å². The van der Waals surface area contributed by atoms with Crippen molar-refractivity contribution in [2.45, 2.75) is 45.4 Å². The van der Waals surface area contributed by atoms with Crippen molar-refractivity contribution in [3.63, 3.8) is 0 Å². The summed E-state index contributed by atoms with van der Waals surface area (Å²) in [4.78, 5) is 5.20. The van der Waals surface area contributed by atoms with E-state index >= 15 is 0 Å². The smallest absolute Gasteiger partial charge is 0.0969 e. The summed E-state index contributed by atoms with van der Waals surface area (Å²) in [6.45, 7) is 16.7. The Morgan fingerprint density at radius 2 is 1.67 bits per heavy atom. The van der Waals surface area contributed by atoms with Gasteiger partial charge in [-0.2, -0.15) is 0 Å². The molecule has 0 aromatic rings. The number of rotatable bonds is 5. The van der Waals surface area contributed by atoms with E-state index in [1.165, 1.54) is 39.1 Å². The van der Waals surface area contributed by atoms with Crippen molar-refractivity contribution in [1.82, 2.24) is 14.1 Å². The number of hydrogen-bond acceptors (Lipinski definition) is 3. The van der Waals surface area contributed by atoms with Gasteiger partial charge in [-0.3, -0.25) is 4.90 Å². The average Bonchev–Trinajstić information content (AvgIpc) is 2.87. The van der Waals surface area contributed by atoms with E-state index in [1.54, 1.807) is 0 Å². The van der Waals surface area contributed by atoms with Crippen molar-refractivity contribution < 1.29 is 9.69 Å². The van der Waals surface area contributed by atoms with E-state index in [9.17, 15) is 4.21 Å². The third-order valence-corrected chi connectivity index (χ3v) is 5.98. The summed E-state index contributed by atoms with van der Waals surface area (Å²) >= 11 is 0. The van der Waals surface area contributed by atoms with Gasteiger partial charge in [0.15, 0.2) is 0 Å². The molecule has 2 aliphatic heterocycles. The molecule has 2 rings (SSSR count). The highest BCUT2D eigenvalue weighted by molar-refractivity contribution is 7.83. The molecule has 126 valence electrons. The number of nitrogens with zero attached hydrogens (tertiary/aromatic N) is 3. The average molecular weight is 320 g/mol. The first-order valence-corrected chi connectivity index (χ1v) is 9.26. The molecule has 0 amide bonds. The summed E-state index contributed by atoms with van der Waals surface area (Å²) in [7, 11) is -0.791. The number of piperazine rings is 1. The van der Waals surface area contributed by atoms with Gasteiger partial charge in [-0.25, -0.2) is 8.51 Å². The first kappa shape index (κ1) is 19.0. The van der Waals surface area contributed by atoms with Crippen LogP contribution in [0.1, 0.15) is 34.1 Å². The van der Waals surface area contributed by atoms with Crippen molar-refractivity contribution in [1.29, 1.82) is 0 Å². The zero-order chi connectivity index (χ0) is 14.7. The Balaban J connectivity index is 0.00000220. The largest absolute Gasteiger partial charge is 0.412 e. The second kappa shape index (κ2) is 8.58. The fourth-order valence-electron chi connectivity index (χ4n) is 3.30. The Morgan fingerprint density at radius 1 is 1.05 bits per heavy atom. The van der Waals surface area contributed by atoms with Gasteiger partial charge in [0, 0.05) is 57.1 Å². The second-order valence-electron chi connectivity index (χ2n) is 6.89. The fraction of sp³-hybridized carbons (Fsp3) is 1.00. The molecule has 0 aromatic carbocycles. The van der Waals surface area contributed by atoms with E-state index in [2.05, 4.69) is 28.0 Å². The maximum absolute atomic E-state index is 12.2. The highest BCUT2D eigenvalue weighted by atomic mass is 32.2. The SMILES string of the molecule is CC(C)CN1CCN(C2CCN(S(=O)C(C)C)C2)CC1.O. The monoisotopic (exact) mass is 319 g/mol. The van der Waals surface area contributed by atoms with Crippen molar-refractivity contribution in [3.05, 3.63) is 0 Å². The second-order valence-corrected chi connectivity index (χ2v) is 8.90. The molecule has 0 aliphatic carbocycles. The maximum atomic E-state index is 12.2. The lowest BCUT2D eigenvalue weighted by atomic mass is 10.1. The molecule has 2 heterocycles. The van der Waals surface area contributed by atoms with Gasteiger partial charge >= 0.3 is 0 Å². The fourth-order valence-corrected chi connectivity index (χ4v) is 4.50. The van der Waals surface area contributed by atoms with Crippen LogP contribution in [0, 0.1) is 5.92 Å². The lowest BCUT2D eigenvalue weighted by Crippen LogP contribution is -2.51. The summed E-state index contributed by atoms with van der Waals surface area (Å²) in [6, 6.07) is 0.624. The van der Waals surface area contributed by atoms with Crippen LogP contribution in [-0.2, 0) is 11.0 Å². The first-order valence-electron chi connectivity index (χ1n) is 8.09. The molecule has 0 bridgehead atoms. The molecule has 2 aliphatic rings. The standard InChI is InChI=1S/C15H31N3OS.H2O/c1-13(2)11-16-7-9-17(10-8-16)15-5-6-18(12-15)20(19)14(3)4;/h13-15H,5-12H2,1-4H3;1H2. The molecule has 5 nitrogen and oxygen atoms in total. The molecule has 0 aromatic heterocycles. The van der Waals surface area contributed by atoms with Gasteiger partial charge in [-0.05, 0) is 26.2 Å². The minimum absolute atomic E-state index is 0. The van der Waals surface area contributed by atoms with Gasteiger partial charge in [-0.1, -0.05) is 13.8 Å². The summed E-state index contributed by atoms with van der Waals surface area (Å²) in [5.41, 5.74) is 0. The highest BCUT2D eigenvalue weighted by Gasteiger charge is 2.32. The van der Waals surface area contributed by atoms with Crippen LogP contribution in [0.5, 0.6) is 0 Å². The molecule has 2 N–H and O–H groups in total. The van der Waals surface area contributed by atoms with E-state index in [1.807, 2.05) is 13.8 Å². The lowest BCUT2D eigenvalue weighted by molar-refractivity contribution is 0.0934. The molecule has 6 heteroatoms. The topological polar surface area (TPSA) is 58.3 Å². The molecular weight excluding hydrogens is 286 g/mol. The predicted molar refractivity (Wildman–Crippen MR) is 89.7 cm³/mol. The molecule has 2 fully saturated rings. The summed E-state index contributed by atoms with van der Waals surface area (Å²) in [5.74, 6) is 0.761. The van der Waals surface area contributed by atoms with E-state index < -0.39 is 11.0 Å². The van der Waals surface area contributed by atoms with Gasteiger partial charge < -0.3 is 10.4 Å². The third kappa shape index (κ3) is 5.28. The van der Waals surface area contributed by atoms with Crippen LogP contribution in [-0.4, -0.2) is 80.9 Å². The molecule has 2 unspecified atom stereocenters. The van der Waals surface area contributed by atoms with Crippen molar-refractivity contribution in [3.8, 4) is 0 Å². The Hall–Kier alpha value is -0.0100.